The van der Waals surface area contributed by atoms with Crippen LogP contribution in [0, 0.1) is 6.92 Å². The van der Waals surface area contributed by atoms with Crippen LogP contribution in [0.25, 0.3) is 0 Å². The topological polar surface area (TPSA) is 60.9 Å². The van der Waals surface area contributed by atoms with Crippen molar-refractivity contribution < 1.29 is 4.79 Å². The molecule has 0 saturated carbocycles. The molecule has 0 unspecified atom stereocenters. The van der Waals surface area contributed by atoms with Gasteiger partial charge in [0.05, 0.1) is 11.3 Å². The first-order chi connectivity index (χ1) is 5.95. The SMILES string of the molecule is CC(=O)c1c(C)nn(C(C)C)c1N. The smallest absolute Gasteiger partial charge is 0.165 e. The predicted octanol–water partition coefficient (Wildman–Crippen LogP) is 1.56. The lowest BCUT2D eigenvalue weighted by atomic mass is 10.2. The summed E-state index contributed by atoms with van der Waals surface area (Å²) >= 11 is 0. The van der Waals surface area contributed by atoms with Crippen molar-refractivity contribution in [3.8, 4) is 0 Å². The number of aryl methyl sites for hydroxylation is 1. The van der Waals surface area contributed by atoms with E-state index in [1.165, 1.54) is 6.92 Å². The largest absolute Gasteiger partial charge is 0.383 e. The van der Waals surface area contributed by atoms with E-state index in [2.05, 4.69) is 5.10 Å². The summed E-state index contributed by atoms with van der Waals surface area (Å²) in [6.45, 7) is 7.26. The summed E-state index contributed by atoms with van der Waals surface area (Å²) < 4.78 is 1.67. The molecule has 0 aliphatic heterocycles. The second-order valence-corrected chi connectivity index (χ2v) is 3.44. The number of hydrogen-bond acceptors (Lipinski definition) is 3. The van der Waals surface area contributed by atoms with Crippen LogP contribution >= 0.6 is 0 Å². The fourth-order valence-electron chi connectivity index (χ4n) is 1.39. The van der Waals surface area contributed by atoms with Gasteiger partial charge in [-0.15, -0.1) is 0 Å². The number of carbonyl (C=O) groups is 1. The quantitative estimate of drug-likeness (QED) is 0.704. The molecule has 0 aromatic carbocycles. The molecule has 0 aliphatic rings. The number of nitrogens with two attached hydrogens (primary N) is 1. The van der Waals surface area contributed by atoms with Crippen molar-refractivity contribution in [3.63, 3.8) is 0 Å². The molecule has 0 spiro atoms. The Labute approximate surface area is 77.7 Å². The van der Waals surface area contributed by atoms with E-state index in [-0.39, 0.29) is 11.8 Å². The van der Waals surface area contributed by atoms with Gasteiger partial charge in [-0.25, -0.2) is 4.68 Å². The molecule has 1 aromatic heterocycles. The van der Waals surface area contributed by atoms with E-state index in [1.807, 2.05) is 13.8 Å². The number of carbonyl (C=O) groups excluding carboxylic acids is 1. The zero-order valence-corrected chi connectivity index (χ0v) is 8.46. The molecular formula is C9H15N3O. The molecule has 1 rings (SSSR count). The molecule has 13 heavy (non-hydrogen) atoms. The van der Waals surface area contributed by atoms with Crippen molar-refractivity contribution >= 4 is 11.6 Å². The van der Waals surface area contributed by atoms with Crippen molar-refractivity contribution in [3.05, 3.63) is 11.3 Å². The fourth-order valence-corrected chi connectivity index (χ4v) is 1.39. The Balaban J connectivity index is 3.30. The van der Waals surface area contributed by atoms with Gasteiger partial charge in [0, 0.05) is 6.04 Å². The third-order valence-electron chi connectivity index (χ3n) is 1.96. The Bertz CT molecular complexity index is 339. The summed E-state index contributed by atoms with van der Waals surface area (Å²) in [7, 11) is 0. The number of Topliss-reactive ketones (excluding diaryl/α,β-unsaturated/α-hetero) is 1. The Morgan fingerprint density at radius 2 is 2.08 bits per heavy atom. The molecule has 0 bridgehead atoms. The number of nitrogens with zero attached hydrogens (tertiary/aromatic N) is 2. The fraction of sp³-hybridized carbons (Fsp3) is 0.556. The molecule has 2 N–H and O–H groups in total. The minimum absolute atomic E-state index is 0.0260. The second-order valence-electron chi connectivity index (χ2n) is 3.44. The number of aromatic nitrogens is 2. The van der Waals surface area contributed by atoms with Gasteiger partial charge in [0.25, 0.3) is 0 Å². The number of anilines is 1. The molecule has 72 valence electrons. The van der Waals surface area contributed by atoms with Gasteiger partial charge >= 0.3 is 0 Å². The average molecular weight is 181 g/mol. The van der Waals surface area contributed by atoms with Crippen LogP contribution in [0.15, 0.2) is 0 Å². The minimum atomic E-state index is -0.0260. The zero-order valence-electron chi connectivity index (χ0n) is 8.46. The highest BCUT2D eigenvalue weighted by atomic mass is 16.1. The molecular weight excluding hydrogens is 166 g/mol. The van der Waals surface area contributed by atoms with Crippen LogP contribution in [0.1, 0.15) is 42.9 Å². The van der Waals surface area contributed by atoms with Crippen LogP contribution < -0.4 is 5.73 Å². The lowest BCUT2D eigenvalue weighted by Crippen LogP contribution is -2.08. The molecule has 1 heterocycles. The highest BCUT2D eigenvalue weighted by Crippen LogP contribution is 2.20. The molecule has 4 nitrogen and oxygen atoms in total. The maximum Gasteiger partial charge on any atom is 0.165 e. The molecule has 0 atom stereocenters. The van der Waals surface area contributed by atoms with Crippen LogP contribution in [0.3, 0.4) is 0 Å². The van der Waals surface area contributed by atoms with Crippen molar-refractivity contribution in [2.45, 2.75) is 33.7 Å². The average Bonchev–Trinajstić information content (AvgIpc) is 2.26. The monoisotopic (exact) mass is 181 g/mol. The van der Waals surface area contributed by atoms with Gasteiger partial charge in [0.1, 0.15) is 5.82 Å². The van der Waals surface area contributed by atoms with Gasteiger partial charge in [-0.1, -0.05) is 0 Å². The van der Waals surface area contributed by atoms with Crippen LogP contribution in [0.4, 0.5) is 5.82 Å². The van der Waals surface area contributed by atoms with E-state index < -0.39 is 0 Å². The third kappa shape index (κ3) is 1.56. The number of nitrogen functional groups attached to an aromatic ring is 1. The number of ketones is 1. The van der Waals surface area contributed by atoms with Gasteiger partial charge in [0.2, 0.25) is 0 Å². The summed E-state index contributed by atoms with van der Waals surface area (Å²) in [5.41, 5.74) is 7.04. The Hall–Kier alpha value is -1.32. The Morgan fingerprint density at radius 3 is 2.31 bits per heavy atom. The summed E-state index contributed by atoms with van der Waals surface area (Å²) in [6.07, 6.45) is 0. The lowest BCUT2D eigenvalue weighted by Gasteiger charge is -2.07. The minimum Gasteiger partial charge on any atom is -0.383 e. The van der Waals surface area contributed by atoms with Crippen LogP contribution in [-0.2, 0) is 0 Å². The van der Waals surface area contributed by atoms with Crippen molar-refractivity contribution in [2.75, 3.05) is 5.73 Å². The third-order valence-corrected chi connectivity index (χ3v) is 1.96. The van der Waals surface area contributed by atoms with Crippen molar-refractivity contribution in [2.24, 2.45) is 0 Å². The van der Waals surface area contributed by atoms with E-state index in [0.29, 0.717) is 17.1 Å². The van der Waals surface area contributed by atoms with Crippen molar-refractivity contribution in [1.82, 2.24) is 9.78 Å². The highest BCUT2D eigenvalue weighted by molar-refractivity contribution is 5.99. The van der Waals surface area contributed by atoms with E-state index >= 15 is 0 Å². The molecule has 4 heteroatoms. The van der Waals surface area contributed by atoms with E-state index in [9.17, 15) is 4.79 Å². The first-order valence-electron chi connectivity index (χ1n) is 4.30. The maximum absolute atomic E-state index is 11.2. The molecule has 0 saturated heterocycles. The summed E-state index contributed by atoms with van der Waals surface area (Å²) in [5.74, 6) is 0.446. The number of hydrogen-bond donors (Lipinski definition) is 1. The molecule has 0 fully saturated rings. The second kappa shape index (κ2) is 3.20. The normalized spacial score (nSPS) is 10.8. The van der Waals surface area contributed by atoms with Crippen LogP contribution in [0.2, 0.25) is 0 Å². The Morgan fingerprint density at radius 1 is 1.54 bits per heavy atom. The lowest BCUT2D eigenvalue weighted by molar-refractivity contribution is 0.101. The summed E-state index contributed by atoms with van der Waals surface area (Å²) in [5, 5.41) is 4.20. The first kappa shape index (κ1) is 9.77. The van der Waals surface area contributed by atoms with Gasteiger partial charge in [-0.3, -0.25) is 4.79 Å². The summed E-state index contributed by atoms with van der Waals surface area (Å²) in [6, 6.07) is 0.187. The predicted molar refractivity (Wildman–Crippen MR) is 51.8 cm³/mol. The van der Waals surface area contributed by atoms with Gasteiger partial charge in [0.15, 0.2) is 5.78 Å². The van der Waals surface area contributed by atoms with E-state index in [4.69, 9.17) is 5.73 Å². The Kier molecular flexibility index (Phi) is 2.40. The van der Waals surface area contributed by atoms with E-state index in [0.717, 1.165) is 0 Å². The molecule has 1 aromatic rings. The highest BCUT2D eigenvalue weighted by Gasteiger charge is 2.17. The standard InChI is InChI=1S/C9H15N3O/c1-5(2)12-9(10)8(7(4)13)6(3)11-12/h5H,10H2,1-4H3. The van der Waals surface area contributed by atoms with Gasteiger partial charge < -0.3 is 5.73 Å². The van der Waals surface area contributed by atoms with E-state index in [1.54, 1.807) is 11.6 Å². The number of rotatable bonds is 2. The maximum atomic E-state index is 11.2. The van der Waals surface area contributed by atoms with Gasteiger partial charge in [-0.05, 0) is 27.7 Å². The first-order valence-corrected chi connectivity index (χ1v) is 4.30. The molecule has 0 aliphatic carbocycles. The summed E-state index contributed by atoms with van der Waals surface area (Å²) in [4.78, 5) is 11.2. The van der Waals surface area contributed by atoms with Gasteiger partial charge in [-0.2, -0.15) is 5.10 Å². The van der Waals surface area contributed by atoms with Crippen LogP contribution in [0.5, 0.6) is 0 Å². The van der Waals surface area contributed by atoms with Crippen molar-refractivity contribution in [1.29, 1.82) is 0 Å². The van der Waals surface area contributed by atoms with Crippen LogP contribution in [-0.4, -0.2) is 15.6 Å². The molecule has 0 amide bonds. The molecule has 0 radical (unpaired) electrons. The zero-order chi connectivity index (χ0) is 10.2.